The molecule has 0 aromatic heterocycles. The number of nitro groups is 1. The van der Waals surface area contributed by atoms with Crippen molar-refractivity contribution in [3.63, 3.8) is 0 Å². The molecule has 1 aromatic rings. The third kappa shape index (κ3) is 3.58. The van der Waals surface area contributed by atoms with Gasteiger partial charge in [0.05, 0.1) is 4.92 Å². The van der Waals surface area contributed by atoms with Crippen LogP contribution in [0.4, 0.5) is 5.69 Å². The molecule has 108 valence electrons. The molecule has 0 unspecified atom stereocenters. The van der Waals surface area contributed by atoms with E-state index in [-0.39, 0.29) is 24.0 Å². The summed E-state index contributed by atoms with van der Waals surface area (Å²) in [5.74, 6) is -0.188. The zero-order valence-corrected chi connectivity index (χ0v) is 11.4. The Labute approximate surface area is 120 Å². The fourth-order valence-corrected chi connectivity index (χ4v) is 2.06. The maximum Gasteiger partial charge on any atom is 0.311 e. The molecule has 1 fully saturated rings. The Morgan fingerprint density at radius 1 is 1.45 bits per heavy atom. The van der Waals surface area contributed by atoms with Crippen LogP contribution in [0, 0.1) is 10.1 Å². The number of carbonyl (C=O) groups is 1. The average molecular weight is 300 g/mol. The number of ether oxygens (including phenoxy) is 1. The van der Waals surface area contributed by atoms with Gasteiger partial charge in [-0.05, 0) is 6.07 Å². The van der Waals surface area contributed by atoms with Crippen LogP contribution in [0.1, 0.15) is 0 Å². The number of nitro benzene ring substituents is 1. The number of halogens is 1. The van der Waals surface area contributed by atoms with Gasteiger partial charge in [-0.25, -0.2) is 0 Å². The van der Waals surface area contributed by atoms with Gasteiger partial charge in [0.25, 0.3) is 5.91 Å². The lowest BCUT2D eigenvalue weighted by Gasteiger charge is -2.27. The molecule has 1 amide bonds. The summed E-state index contributed by atoms with van der Waals surface area (Å²) in [6.07, 6.45) is 0. The molecule has 0 atom stereocenters. The quantitative estimate of drug-likeness (QED) is 0.664. The number of benzene rings is 1. The molecule has 20 heavy (non-hydrogen) atoms. The molecule has 1 aliphatic heterocycles. The Morgan fingerprint density at radius 2 is 2.15 bits per heavy atom. The number of rotatable bonds is 4. The van der Waals surface area contributed by atoms with Crippen molar-refractivity contribution in [2.45, 2.75) is 0 Å². The van der Waals surface area contributed by atoms with E-state index in [1.807, 2.05) is 0 Å². The van der Waals surface area contributed by atoms with Crippen LogP contribution in [0.15, 0.2) is 18.2 Å². The highest BCUT2D eigenvalue weighted by atomic mass is 35.5. The molecule has 0 aliphatic carbocycles. The number of hydrogen-bond donors (Lipinski definition) is 1. The van der Waals surface area contributed by atoms with Crippen LogP contribution in [-0.4, -0.2) is 48.5 Å². The molecule has 7 nitrogen and oxygen atoms in total. The van der Waals surface area contributed by atoms with Crippen LogP contribution in [0.25, 0.3) is 0 Å². The van der Waals surface area contributed by atoms with Crippen molar-refractivity contribution in [3.8, 4) is 5.75 Å². The maximum atomic E-state index is 11.9. The fraction of sp³-hybridized carbons (Fsp3) is 0.417. The molecule has 1 N–H and O–H groups in total. The van der Waals surface area contributed by atoms with E-state index >= 15 is 0 Å². The van der Waals surface area contributed by atoms with E-state index in [0.29, 0.717) is 18.1 Å². The first-order chi connectivity index (χ1) is 9.58. The molecule has 0 spiro atoms. The van der Waals surface area contributed by atoms with E-state index in [0.717, 1.165) is 13.1 Å². The standard InChI is InChI=1S/C12H14ClN3O4/c13-9-1-2-10(16(18)19)11(7-9)20-8-12(17)15-5-3-14-4-6-15/h1-2,7,14H,3-6,8H2. The molecule has 0 radical (unpaired) electrons. The van der Waals surface area contributed by atoms with Gasteiger partial charge in [0.1, 0.15) is 0 Å². The Balaban J connectivity index is 2.01. The van der Waals surface area contributed by atoms with E-state index in [4.69, 9.17) is 16.3 Å². The summed E-state index contributed by atoms with van der Waals surface area (Å²) < 4.78 is 5.26. The molecule has 1 aromatic carbocycles. The number of carbonyl (C=O) groups excluding carboxylic acids is 1. The van der Waals surface area contributed by atoms with Crippen LogP contribution in [0.3, 0.4) is 0 Å². The minimum Gasteiger partial charge on any atom is -0.477 e. The van der Waals surface area contributed by atoms with Crippen LogP contribution in [0.5, 0.6) is 5.75 Å². The van der Waals surface area contributed by atoms with Crippen LogP contribution < -0.4 is 10.1 Å². The number of piperazine rings is 1. The Morgan fingerprint density at radius 3 is 2.80 bits per heavy atom. The first kappa shape index (κ1) is 14.5. The van der Waals surface area contributed by atoms with Crippen LogP contribution >= 0.6 is 11.6 Å². The molecule has 1 saturated heterocycles. The zero-order valence-electron chi connectivity index (χ0n) is 10.7. The van der Waals surface area contributed by atoms with Gasteiger partial charge >= 0.3 is 5.69 Å². The summed E-state index contributed by atoms with van der Waals surface area (Å²) in [5.41, 5.74) is -0.206. The maximum absolute atomic E-state index is 11.9. The van der Waals surface area contributed by atoms with E-state index in [2.05, 4.69) is 5.32 Å². The van der Waals surface area contributed by atoms with E-state index < -0.39 is 4.92 Å². The summed E-state index contributed by atoms with van der Waals surface area (Å²) >= 11 is 5.78. The van der Waals surface area contributed by atoms with Crippen LogP contribution in [0.2, 0.25) is 5.02 Å². The van der Waals surface area contributed by atoms with Crippen LogP contribution in [-0.2, 0) is 4.79 Å². The van der Waals surface area contributed by atoms with Gasteiger partial charge in [0.15, 0.2) is 12.4 Å². The van der Waals surface area contributed by atoms with Crippen molar-refractivity contribution in [1.82, 2.24) is 10.2 Å². The van der Waals surface area contributed by atoms with Crippen molar-refractivity contribution in [2.75, 3.05) is 32.8 Å². The minimum absolute atomic E-state index is 0.00554. The van der Waals surface area contributed by atoms with Crippen molar-refractivity contribution in [3.05, 3.63) is 33.3 Å². The molecular weight excluding hydrogens is 286 g/mol. The normalized spacial score (nSPS) is 14.9. The number of nitrogens with one attached hydrogen (secondary N) is 1. The Bertz CT molecular complexity index is 517. The number of hydrogen-bond acceptors (Lipinski definition) is 5. The molecule has 0 bridgehead atoms. The third-order valence-electron chi connectivity index (χ3n) is 2.94. The second-order valence-electron chi connectivity index (χ2n) is 4.29. The number of amides is 1. The second kappa shape index (κ2) is 6.53. The van der Waals surface area contributed by atoms with E-state index in [1.54, 1.807) is 4.90 Å². The van der Waals surface area contributed by atoms with E-state index in [1.165, 1.54) is 18.2 Å². The SMILES string of the molecule is O=C(COc1cc(Cl)ccc1[N+](=O)[O-])N1CCNCC1. The van der Waals surface area contributed by atoms with E-state index in [9.17, 15) is 14.9 Å². The summed E-state index contributed by atoms with van der Waals surface area (Å²) in [5, 5.41) is 14.3. The van der Waals surface area contributed by atoms with Gasteiger partial charge in [-0.3, -0.25) is 14.9 Å². The minimum atomic E-state index is -0.568. The fourth-order valence-electron chi connectivity index (χ4n) is 1.90. The largest absolute Gasteiger partial charge is 0.477 e. The molecule has 1 aliphatic rings. The van der Waals surface area contributed by atoms with Gasteiger partial charge in [-0.15, -0.1) is 0 Å². The lowest BCUT2D eigenvalue weighted by atomic mass is 10.3. The smallest absolute Gasteiger partial charge is 0.311 e. The summed E-state index contributed by atoms with van der Waals surface area (Å²) in [7, 11) is 0. The van der Waals surface area contributed by atoms with Gasteiger partial charge < -0.3 is 15.0 Å². The third-order valence-corrected chi connectivity index (χ3v) is 3.17. The van der Waals surface area contributed by atoms with Gasteiger partial charge in [-0.2, -0.15) is 0 Å². The van der Waals surface area contributed by atoms with Crippen molar-refractivity contribution in [1.29, 1.82) is 0 Å². The molecule has 1 heterocycles. The second-order valence-corrected chi connectivity index (χ2v) is 4.73. The number of nitrogens with zero attached hydrogens (tertiary/aromatic N) is 2. The molecule has 8 heteroatoms. The van der Waals surface area contributed by atoms with Crippen molar-refractivity contribution < 1.29 is 14.5 Å². The predicted octanol–water partition coefficient (Wildman–Crippen LogP) is 1.06. The Hall–Kier alpha value is -1.86. The highest BCUT2D eigenvalue weighted by molar-refractivity contribution is 6.30. The van der Waals surface area contributed by atoms with Crippen molar-refractivity contribution in [2.24, 2.45) is 0 Å². The summed E-state index contributed by atoms with van der Waals surface area (Å²) in [6.45, 7) is 2.47. The lowest BCUT2D eigenvalue weighted by molar-refractivity contribution is -0.385. The van der Waals surface area contributed by atoms with Gasteiger partial charge in [0, 0.05) is 43.3 Å². The van der Waals surface area contributed by atoms with Gasteiger partial charge in [-0.1, -0.05) is 11.6 Å². The molecular formula is C12H14ClN3O4. The highest BCUT2D eigenvalue weighted by Crippen LogP contribution is 2.29. The predicted molar refractivity (Wildman–Crippen MR) is 73.1 cm³/mol. The first-order valence-corrected chi connectivity index (χ1v) is 6.51. The monoisotopic (exact) mass is 299 g/mol. The zero-order chi connectivity index (χ0) is 14.5. The van der Waals surface area contributed by atoms with Crippen molar-refractivity contribution >= 4 is 23.2 Å². The first-order valence-electron chi connectivity index (χ1n) is 6.13. The lowest BCUT2D eigenvalue weighted by Crippen LogP contribution is -2.47. The summed E-state index contributed by atoms with van der Waals surface area (Å²) in [4.78, 5) is 23.9. The highest BCUT2D eigenvalue weighted by Gasteiger charge is 2.20. The average Bonchev–Trinajstić information content (AvgIpc) is 2.45. The molecule has 0 saturated carbocycles. The topological polar surface area (TPSA) is 84.7 Å². The Kier molecular flexibility index (Phi) is 4.75. The van der Waals surface area contributed by atoms with Gasteiger partial charge in [0.2, 0.25) is 0 Å². The molecule has 2 rings (SSSR count). The summed E-state index contributed by atoms with van der Waals surface area (Å²) in [6, 6.07) is 4.00.